The molecular formula is C13H11N3OS. The Kier molecular flexibility index (Phi) is 2.68. The van der Waals surface area contributed by atoms with Crippen LogP contribution in [0.4, 0.5) is 16.2 Å². The largest absolute Gasteiger partial charge is 0.336 e. The molecule has 1 aliphatic rings. The predicted octanol–water partition coefficient (Wildman–Crippen LogP) is 3.45. The third-order valence-corrected chi connectivity index (χ3v) is 3.74. The summed E-state index contributed by atoms with van der Waals surface area (Å²) in [7, 11) is 0. The first-order valence-electron chi connectivity index (χ1n) is 5.55. The van der Waals surface area contributed by atoms with Gasteiger partial charge in [-0.05, 0) is 43.1 Å². The van der Waals surface area contributed by atoms with Gasteiger partial charge in [0, 0.05) is 5.69 Å². The molecule has 0 bridgehead atoms. The SMILES string of the molecule is Cc1ccc(N2Sc3ccccc3NC2=O)cn1. The third-order valence-electron chi connectivity index (χ3n) is 2.63. The summed E-state index contributed by atoms with van der Waals surface area (Å²) in [6.45, 7) is 1.92. The maximum atomic E-state index is 12.0. The number of carbonyl (C=O) groups is 1. The predicted molar refractivity (Wildman–Crippen MR) is 72.8 cm³/mol. The van der Waals surface area contributed by atoms with Crippen LogP contribution in [-0.4, -0.2) is 11.0 Å². The number of hydrogen-bond acceptors (Lipinski definition) is 3. The number of aryl methyl sites for hydroxylation is 1. The van der Waals surface area contributed by atoms with Crippen LogP contribution in [0, 0.1) is 6.92 Å². The summed E-state index contributed by atoms with van der Waals surface area (Å²) in [5, 5.41) is 2.86. The fourth-order valence-corrected chi connectivity index (χ4v) is 2.60. The summed E-state index contributed by atoms with van der Waals surface area (Å²) in [5.41, 5.74) is 2.56. The molecule has 2 amide bonds. The first kappa shape index (κ1) is 11.1. The molecule has 0 radical (unpaired) electrons. The fourth-order valence-electron chi connectivity index (χ4n) is 1.71. The highest BCUT2D eigenvalue weighted by Gasteiger charge is 2.24. The van der Waals surface area contributed by atoms with Crippen LogP contribution in [-0.2, 0) is 0 Å². The van der Waals surface area contributed by atoms with Crippen LogP contribution in [0.1, 0.15) is 5.69 Å². The van der Waals surface area contributed by atoms with Gasteiger partial charge in [0.05, 0.1) is 22.5 Å². The second-order valence-corrected chi connectivity index (χ2v) is 4.96. The van der Waals surface area contributed by atoms with Gasteiger partial charge in [0.25, 0.3) is 0 Å². The van der Waals surface area contributed by atoms with Gasteiger partial charge in [-0.3, -0.25) is 4.98 Å². The lowest BCUT2D eigenvalue weighted by atomic mass is 10.3. The Labute approximate surface area is 109 Å². The normalized spacial score (nSPS) is 14.1. The summed E-state index contributed by atoms with van der Waals surface area (Å²) >= 11 is 1.41. The van der Waals surface area contributed by atoms with E-state index in [4.69, 9.17) is 0 Å². The summed E-state index contributed by atoms with van der Waals surface area (Å²) in [6, 6.07) is 11.4. The Bertz CT molecular complexity index is 597. The van der Waals surface area contributed by atoms with Gasteiger partial charge in [-0.1, -0.05) is 12.1 Å². The first-order chi connectivity index (χ1) is 8.74. The quantitative estimate of drug-likeness (QED) is 0.796. The number of aromatic nitrogens is 1. The highest BCUT2D eigenvalue weighted by Crippen LogP contribution is 2.37. The van der Waals surface area contributed by atoms with E-state index >= 15 is 0 Å². The van der Waals surface area contributed by atoms with Crippen molar-refractivity contribution in [2.75, 3.05) is 9.62 Å². The van der Waals surface area contributed by atoms with Crippen molar-refractivity contribution in [1.29, 1.82) is 0 Å². The van der Waals surface area contributed by atoms with Gasteiger partial charge in [0.15, 0.2) is 0 Å². The first-order valence-corrected chi connectivity index (χ1v) is 6.32. The minimum absolute atomic E-state index is 0.149. The van der Waals surface area contributed by atoms with Gasteiger partial charge in [-0.2, -0.15) is 0 Å². The number of nitrogens with zero attached hydrogens (tertiary/aromatic N) is 2. The van der Waals surface area contributed by atoms with E-state index in [1.807, 2.05) is 43.3 Å². The molecule has 1 N–H and O–H groups in total. The number of anilines is 2. The highest BCUT2D eigenvalue weighted by molar-refractivity contribution is 8.01. The molecule has 0 unspecified atom stereocenters. The van der Waals surface area contributed by atoms with Gasteiger partial charge in [0.1, 0.15) is 0 Å². The zero-order valence-electron chi connectivity index (χ0n) is 9.75. The number of benzene rings is 1. The van der Waals surface area contributed by atoms with E-state index in [1.165, 1.54) is 11.9 Å². The highest BCUT2D eigenvalue weighted by atomic mass is 32.2. The molecule has 0 saturated carbocycles. The van der Waals surface area contributed by atoms with Crippen molar-refractivity contribution in [3.63, 3.8) is 0 Å². The van der Waals surface area contributed by atoms with E-state index in [2.05, 4.69) is 10.3 Å². The molecular weight excluding hydrogens is 246 g/mol. The molecule has 0 spiro atoms. The van der Waals surface area contributed by atoms with Crippen molar-refractivity contribution in [3.05, 3.63) is 48.3 Å². The Morgan fingerprint density at radius 1 is 1.22 bits per heavy atom. The third kappa shape index (κ3) is 1.93. The second-order valence-electron chi connectivity index (χ2n) is 3.97. The monoisotopic (exact) mass is 257 g/mol. The summed E-state index contributed by atoms with van der Waals surface area (Å²) in [4.78, 5) is 17.2. The van der Waals surface area contributed by atoms with Crippen LogP contribution >= 0.6 is 11.9 Å². The maximum absolute atomic E-state index is 12.0. The number of pyridine rings is 1. The van der Waals surface area contributed by atoms with Crippen LogP contribution < -0.4 is 9.62 Å². The van der Waals surface area contributed by atoms with E-state index < -0.39 is 0 Å². The lowest BCUT2D eigenvalue weighted by Gasteiger charge is -2.27. The molecule has 1 aromatic heterocycles. The smallest absolute Gasteiger partial charge is 0.306 e. The molecule has 18 heavy (non-hydrogen) atoms. The van der Waals surface area contributed by atoms with E-state index in [-0.39, 0.29) is 6.03 Å². The number of fused-ring (bicyclic) bond motifs is 1. The molecule has 0 atom stereocenters. The standard InChI is InChI=1S/C13H11N3OS/c1-9-6-7-10(8-14-9)16-13(17)15-11-4-2-3-5-12(11)18-16/h2-8H,1H3,(H,15,17). The molecule has 3 rings (SSSR count). The minimum atomic E-state index is -0.149. The molecule has 0 fully saturated rings. The number of urea groups is 1. The number of hydrogen-bond donors (Lipinski definition) is 1. The average Bonchev–Trinajstić information content (AvgIpc) is 2.39. The van der Waals surface area contributed by atoms with Crippen molar-refractivity contribution in [2.24, 2.45) is 0 Å². The van der Waals surface area contributed by atoms with Crippen molar-refractivity contribution >= 4 is 29.4 Å². The Hall–Kier alpha value is -2.01. The Morgan fingerprint density at radius 3 is 2.83 bits per heavy atom. The molecule has 1 aromatic carbocycles. The maximum Gasteiger partial charge on any atom is 0.336 e. The van der Waals surface area contributed by atoms with Gasteiger partial charge in [-0.25, -0.2) is 9.10 Å². The molecule has 2 heterocycles. The van der Waals surface area contributed by atoms with Gasteiger partial charge in [-0.15, -0.1) is 0 Å². The fraction of sp³-hybridized carbons (Fsp3) is 0.0769. The zero-order chi connectivity index (χ0) is 12.5. The van der Waals surface area contributed by atoms with Gasteiger partial charge in [0.2, 0.25) is 0 Å². The molecule has 0 saturated heterocycles. The van der Waals surface area contributed by atoms with E-state index in [9.17, 15) is 4.79 Å². The lowest BCUT2D eigenvalue weighted by Crippen LogP contribution is -2.32. The second kappa shape index (κ2) is 4.34. The van der Waals surface area contributed by atoms with E-state index in [0.29, 0.717) is 0 Å². The number of amides is 2. The molecule has 90 valence electrons. The topological polar surface area (TPSA) is 45.2 Å². The molecule has 0 aliphatic carbocycles. The van der Waals surface area contributed by atoms with Crippen molar-refractivity contribution < 1.29 is 4.79 Å². The summed E-state index contributed by atoms with van der Waals surface area (Å²) < 4.78 is 1.61. The number of carbonyl (C=O) groups excluding carboxylic acids is 1. The molecule has 4 nitrogen and oxygen atoms in total. The summed E-state index contributed by atoms with van der Waals surface area (Å²) in [6.07, 6.45) is 1.70. The van der Waals surface area contributed by atoms with Crippen molar-refractivity contribution in [1.82, 2.24) is 4.98 Å². The van der Waals surface area contributed by atoms with Crippen molar-refractivity contribution in [2.45, 2.75) is 11.8 Å². The number of nitrogens with one attached hydrogen (secondary N) is 1. The Morgan fingerprint density at radius 2 is 2.06 bits per heavy atom. The van der Waals surface area contributed by atoms with Crippen LogP contribution in [0.15, 0.2) is 47.5 Å². The Balaban J connectivity index is 1.95. The summed E-state index contributed by atoms with van der Waals surface area (Å²) in [5.74, 6) is 0. The molecule has 5 heteroatoms. The zero-order valence-corrected chi connectivity index (χ0v) is 10.6. The number of rotatable bonds is 1. The average molecular weight is 257 g/mol. The van der Waals surface area contributed by atoms with Crippen LogP contribution in [0.25, 0.3) is 0 Å². The van der Waals surface area contributed by atoms with Crippen LogP contribution in [0.2, 0.25) is 0 Å². The number of para-hydroxylation sites is 1. The molecule has 2 aromatic rings. The van der Waals surface area contributed by atoms with Gasteiger partial charge >= 0.3 is 6.03 Å². The minimum Gasteiger partial charge on any atom is -0.306 e. The van der Waals surface area contributed by atoms with Crippen LogP contribution in [0.3, 0.4) is 0 Å². The van der Waals surface area contributed by atoms with Crippen LogP contribution in [0.5, 0.6) is 0 Å². The lowest BCUT2D eigenvalue weighted by molar-refractivity contribution is 0.260. The van der Waals surface area contributed by atoms with Crippen molar-refractivity contribution in [3.8, 4) is 0 Å². The van der Waals surface area contributed by atoms with Gasteiger partial charge < -0.3 is 5.32 Å². The van der Waals surface area contributed by atoms with E-state index in [0.717, 1.165) is 22.0 Å². The van der Waals surface area contributed by atoms with E-state index in [1.54, 1.807) is 10.5 Å². The molecule has 1 aliphatic heterocycles.